The van der Waals surface area contributed by atoms with Crippen molar-refractivity contribution in [1.82, 2.24) is 4.98 Å². The molecular formula is C22H20N2O2S. The number of carbonyl (C=O) groups is 1. The Kier molecular flexibility index (Phi) is 5.03. The molecule has 0 bridgehead atoms. The van der Waals surface area contributed by atoms with Crippen LogP contribution in [0.15, 0.2) is 71.3 Å². The predicted octanol–water partition coefficient (Wildman–Crippen LogP) is 5.23. The second-order valence-corrected chi connectivity index (χ2v) is 7.38. The number of hydrogen-bond donors (Lipinski definition) is 0. The van der Waals surface area contributed by atoms with Gasteiger partial charge in [-0.3, -0.25) is 9.69 Å². The van der Waals surface area contributed by atoms with Crippen LogP contribution in [0, 0.1) is 0 Å². The Morgan fingerprint density at radius 2 is 1.81 bits per heavy atom. The Bertz CT molecular complexity index is 1000. The van der Waals surface area contributed by atoms with Crippen LogP contribution in [0.25, 0.3) is 10.2 Å². The molecule has 0 unspecified atom stereocenters. The van der Waals surface area contributed by atoms with Crippen molar-refractivity contribution in [3.63, 3.8) is 0 Å². The van der Waals surface area contributed by atoms with Crippen molar-refractivity contribution < 1.29 is 9.21 Å². The summed E-state index contributed by atoms with van der Waals surface area (Å²) < 4.78 is 6.54. The normalized spacial score (nSPS) is 11.0. The number of aromatic nitrogens is 1. The van der Waals surface area contributed by atoms with E-state index in [1.54, 1.807) is 11.2 Å². The van der Waals surface area contributed by atoms with Gasteiger partial charge < -0.3 is 4.42 Å². The van der Waals surface area contributed by atoms with Gasteiger partial charge in [-0.05, 0) is 41.8 Å². The fourth-order valence-electron chi connectivity index (χ4n) is 2.96. The number of fused-ring (bicyclic) bond motifs is 1. The monoisotopic (exact) mass is 376 g/mol. The molecule has 1 amide bonds. The van der Waals surface area contributed by atoms with Gasteiger partial charge in [0, 0.05) is 0 Å². The molecule has 2 aromatic heterocycles. The maximum atomic E-state index is 13.1. The van der Waals surface area contributed by atoms with E-state index in [0.29, 0.717) is 18.1 Å². The molecule has 0 fully saturated rings. The number of thiazole rings is 1. The van der Waals surface area contributed by atoms with Crippen LogP contribution in [0.1, 0.15) is 23.8 Å². The molecule has 2 heterocycles. The van der Waals surface area contributed by atoms with Crippen molar-refractivity contribution in [3.05, 3.63) is 83.8 Å². The van der Waals surface area contributed by atoms with E-state index in [4.69, 9.17) is 4.42 Å². The number of para-hydroxylation sites is 1. The highest BCUT2D eigenvalue weighted by Crippen LogP contribution is 2.30. The Hall–Kier alpha value is -2.92. The maximum Gasteiger partial charge on any atom is 0.233 e. The van der Waals surface area contributed by atoms with Crippen LogP contribution >= 0.6 is 11.3 Å². The lowest BCUT2D eigenvalue weighted by Crippen LogP contribution is -2.31. The van der Waals surface area contributed by atoms with Gasteiger partial charge in [0.05, 0.1) is 29.4 Å². The Morgan fingerprint density at radius 1 is 1.04 bits per heavy atom. The van der Waals surface area contributed by atoms with Crippen LogP contribution in [0.2, 0.25) is 0 Å². The van der Waals surface area contributed by atoms with Gasteiger partial charge in [-0.1, -0.05) is 54.7 Å². The third kappa shape index (κ3) is 3.93. The first kappa shape index (κ1) is 17.5. The smallest absolute Gasteiger partial charge is 0.233 e. The molecule has 0 atom stereocenters. The van der Waals surface area contributed by atoms with Gasteiger partial charge in [-0.2, -0.15) is 0 Å². The highest BCUT2D eigenvalue weighted by atomic mass is 32.1. The first-order valence-corrected chi connectivity index (χ1v) is 9.80. The van der Waals surface area contributed by atoms with Crippen molar-refractivity contribution in [3.8, 4) is 0 Å². The molecule has 4 rings (SSSR count). The summed E-state index contributed by atoms with van der Waals surface area (Å²) in [5, 5.41) is 0.697. The number of amides is 1. The predicted molar refractivity (Wildman–Crippen MR) is 109 cm³/mol. The largest absolute Gasteiger partial charge is 0.467 e. The number of rotatable bonds is 6. The Labute approximate surface area is 162 Å². The molecule has 27 heavy (non-hydrogen) atoms. The first-order valence-electron chi connectivity index (χ1n) is 8.99. The topological polar surface area (TPSA) is 46.3 Å². The van der Waals surface area contributed by atoms with E-state index < -0.39 is 0 Å². The number of hydrogen-bond acceptors (Lipinski definition) is 4. The van der Waals surface area contributed by atoms with Crippen LogP contribution in [0.3, 0.4) is 0 Å². The van der Waals surface area contributed by atoms with E-state index in [1.165, 1.54) is 16.9 Å². The number of nitrogens with zero attached hydrogens (tertiary/aromatic N) is 2. The van der Waals surface area contributed by atoms with E-state index in [2.05, 4.69) is 24.0 Å². The quantitative estimate of drug-likeness (QED) is 0.463. The molecule has 5 heteroatoms. The molecule has 0 N–H and O–H groups in total. The minimum atomic E-state index is 0.00899. The summed E-state index contributed by atoms with van der Waals surface area (Å²) in [6.07, 6.45) is 2.95. The Balaban J connectivity index is 1.62. The molecule has 0 saturated carbocycles. The zero-order valence-electron chi connectivity index (χ0n) is 15.1. The van der Waals surface area contributed by atoms with Gasteiger partial charge in [0.1, 0.15) is 5.76 Å². The summed E-state index contributed by atoms with van der Waals surface area (Å²) in [6, 6.07) is 19.9. The van der Waals surface area contributed by atoms with Crippen LogP contribution in [-0.4, -0.2) is 10.9 Å². The van der Waals surface area contributed by atoms with Gasteiger partial charge >= 0.3 is 0 Å². The van der Waals surface area contributed by atoms with Gasteiger partial charge in [0.2, 0.25) is 5.91 Å². The van der Waals surface area contributed by atoms with E-state index in [1.807, 2.05) is 48.5 Å². The van der Waals surface area contributed by atoms with Crippen molar-refractivity contribution in [2.24, 2.45) is 0 Å². The minimum Gasteiger partial charge on any atom is -0.467 e. The number of furan rings is 1. The maximum absolute atomic E-state index is 13.1. The summed E-state index contributed by atoms with van der Waals surface area (Å²) in [4.78, 5) is 19.5. The highest BCUT2D eigenvalue weighted by molar-refractivity contribution is 7.22. The van der Waals surface area contributed by atoms with Gasteiger partial charge in [-0.15, -0.1) is 0 Å². The SMILES string of the molecule is CCc1ccc(CC(=O)N(Cc2ccco2)c2nc3ccccc3s2)cc1. The van der Waals surface area contributed by atoms with Crippen molar-refractivity contribution >= 4 is 32.6 Å². The zero-order chi connectivity index (χ0) is 18.6. The molecular weight excluding hydrogens is 356 g/mol. The van der Waals surface area contributed by atoms with Gasteiger partial charge in [0.15, 0.2) is 5.13 Å². The van der Waals surface area contributed by atoms with E-state index in [9.17, 15) is 4.79 Å². The number of carbonyl (C=O) groups excluding carboxylic acids is 1. The molecule has 0 aliphatic rings. The van der Waals surface area contributed by atoms with Crippen LogP contribution < -0.4 is 4.90 Å². The molecule has 136 valence electrons. The van der Waals surface area contributed by atoms with Crippen LogP contribution in [0.5, 0.6) is 0 Å². The third-order valence-electron chi connectivity index (χ3n) is 4.50. The Morgan fingerprint density at radius 3 is 2.52 bits per heavy atom. The van der Waals surface area contributed by atoms with Crippen molar-refractivity contribution in [2.45, 2.75) is 26.3 Å². The summed E-state index contributed by atoms with van der Waals surface area (Å²) >= 11 is 1.52. The zero-order valence-corrected chi connectivity index (χ0v) is 15.9. The van der Waals surface area contributed by atoms with Gasteiger partial charge in [-0.25, -0.2) is 4.98 Å². The van der Waals surface area contributed by atoms with E-state index >= 15 is 0 Å². The van der Waals surface area contributed by atoms with Crippen LogP contribution in [-0.2, 0) is 24.2 Å². The third-order valence-corrected chi connectivity index (χ3v) is 5.55. The van der Waals surface area contributed by atoms with Crippen molar-refractivity contribution in [1.29, 1.82) is 0 Å². The molecule has 2 aromatic carbocycles. The molecule has 0 radical (unpaired) electrons. The molecule has 4 aromatic rings. The fraction of sp³-hybridized carbons (Fsp3) is 0.182. The van der Waals surface area contributed by atoms with E-state index in [-0.39, 0.29) is 5.91 Å². The first-order chi connectivity index (χ1) is 13.2. The summed E-state index contributed by atoms with van der Waals surface area (Å²) in [5.74, 6) is 0.749. The van der Waals surface area contributed by atoms with E-state index in [0.717, 1.165) is 28.0 Å². The van der Waals surface area contributed by atoms with Crippen molar-refractivity contribution in [2.75, 3.05) is 4.90 Å². The molecule has 4 nitrogen and oxygen atoms in total. The second-order valence-electron chi connectivity index (χ2n) is 6.37. The molecule has 0 aliphatic heterocycles. The number of benzene rings is 2. The number of aryl methyl sites for hydroxylation is 1. The average molecular weight is 376 g/mol. The lowest BCUT2D eigenvalue weighted by atomic mass is 10.1. The summed E-state index contributed by atoms with van der Waals surface area (Å²) in [6.45, 7) is 2.50. The fourth-order valence-corrected chi connectivity index (χ4v) is 3.94. The standard InChI is InChI=1S/C22H20N2O2S/c1-2-16-9-11-17(12-10-16)14-21(25)24(15-18-6-5-13-26-18)22-23-19-7-3-4-8-20(19)27-22/h3-13H,2,14-15H2,1H3. The minimum absolute atomic E-state index is 0.00899. The summed E-state index contributed by atoms with van der Waals surface area (Å²) in [7, 11) is 0. The highest BCUT2D eigenvalue weighted by Gasteiger charge is 2.21. The lowest BCUT2D eigenvalue weighted by molar-refractivity contribution is -0.118. The lowest BCUT2D eigenvalue weighted by Gasteiger charge is -2.19. The van der Waals surface area contributed by atoms with Crippen LogP contribution in [0.4, 0.5) is 5.13 Å². The molecule has 0 saturated heterocycles. The molecule has 0 aliphatic carbocycles. The number of anilines is 1. The average Bonchev–Trinajstić information content (AvgIpc) is 3.35. The summed E-state index contributed by atoms with van der Waals surface area (Å²) in [5.41, 5.74) is 3.18. The van der Waals surface area contributed by atoms with Gasteiger partial charge in [0.25, 0.3) is 0 Å². The second kappa shape index (κ2) is 7.76. The molecule has 0 spiro atoms.